The molecule has 0 bridgehead atoms. The van der Waals surface area contributed by atoms with E-state index in [4.69, 9.17) is 43.2 Å². The fourth-order valence-corrected chi connectivity index (χ4v) is 6.67. The van der Waals surface area contributed by atoms with Crippen molar-refractivity contribution in [2.45, 2.75) is 90.4 Å². The molecule has 3 rings (SSSR count). The van der Waals surface area contributed by atoms with Gasteiger partial charge in [-0.05, 0) is 64.1 Å². The van der Waals surface area contributed by atoms with Gasteiger partial charge in [0.05, 0.1) is 25.0 Å². The van der Waals surface area contributed by atoms with Crippen molar-refractivity contribution in [2.75, 3.05) is 34.0 Å². The zero-order chi connectivity index (χ0) is 38.6. The average Bonchev–Trinajstić information content (AvgIpc) is 3.66. The van der Waals surface area contributed by atoms with Gasteiger partial charge < -0.3 is 38.7 Å². The summed E-state index contributed by atoms with van der Waals surface area (Å²) in [5.41, 5.74) is 5.17. The Labute approximate surface area is 303 Å². The summed E-state index contributed by atoms with van der Waals surface area (Å²) < 4.78 is 61.9. The Morgan fingerprint density at radius 1 is 1.04 bits per heavy atom. The van der Waals surface area contributed by atoms with Crippen LogP contribution in [-0.2, 0) is 47.2 Å². The van der Waals surface area contributed by atoms with Gasteiger partial charge >= 0.3 is 25.7 Å². The summed E-state index contributed by atoms with van der Waals surface area (Å²) in [4.78, 5) is 42.4. The molecule has 288 valence electrons. The zero-order valence-corrected chi connectivity index (χ0v) is 31.8. The third-order valence-corrected chi connectivity index (χ3v) is 9.33. The Balaban J connectivity index is 2.05. The Hall–Kier alpha value is -4.28. The van der Waals surface area contributed by atoms with Crippen LogP contribution in [0.4, 0.5) is 0 Å². The quantitative estimate of drug-likeness (QED) is 0.0491. The van der Waals surface area contributed by atoms with Gasteiger partial charge in [0.1, 0.15) is 47.4 Å². The van der Waals surface area contributed by atoms with Crippen molar-refractivity contribution >= 4 is 38.2 Å². The van der Waals surface area contributed by atoms with Crippen molar-refractivity contribution in [1.82, 2.24) is 9.76 Å². The Morgan fingerprint density at radius 2 is 1.67 bits per heavy atom. The highest BCUT2D eigenvalue weighted by atomic mass is 31.2. The minimum atomic E-state index is -4.48. The van der Waals surface area contributed by atoms with E-state index in [0.717, 1.165) is 0 Å². The molecule has 1 aliphatic heterocycles. The highest BCUT2D eigenvalue weighted by Crippen LogP contribution is 2.50. The predicted octanol–water partition coefficient (Wildman–Crippen LogP) is 3.92. The van der Waals surface area contributed by atoms with Crippen LogP contribution in [0.15, 0.2) is 46.5 Å². The van der Waals surface area contributed by atoms with Crippen LogP contribution in [0.25, 0.3) is 0 Å². The Morgan fingerprint density at radius 3 is 2.25 bits per heavy atom. The zero-order valence-electron chi connectivity index (χ0n) is 30.9. The van der Waals surface area contributed by atoms with Gasteiger partial charge in [-0.25, -0.2) is 9.24 Å². The summed E-state index contributed by atoms with van der Waals surface area (Å²) in [5, 5.41) is 6.70. The maximum absolute atomic E-state index is 14.5. The Bertz CT molecular complexity index is 1610. The molecule has 1 aromatic carbocycles. The number of amidine groups is 1. The number of nitrogens with two attached hydrogens (primary N) is 1. The number of benzene rings is 1. The normalized spacial score (nSPS) is 21.9. The van der Waals surface area contributed by atoms with Gasteiger partial charge in [0.25, 0.3) is 0 Å². The van der Waals surface area contributed by atoms with E-state index >= 15 is 0 Å². The standard InChI is InChI=1S/C34H50N5O12P/c1-10-27(40)48-30-29(25-16-17-26(32(35)36-7)39(25)37-8)50-34(6,31(30)49-28(41)11-2)20-46-52(43,38-22(5)33(42)47-21(3)4)51-24-14-12-23(13-15-24)45-19-18-44-9/h12-17,21-22,29-31H,8,10-11,18-20H2,1-7,9H3,(H2,35,36)(H,38,43)/t22-,29-,30-,31-,34+,52?/m0/s1. The summed E-state index contributed by atoms with van der Waals surface area (Å²) in [6.45, 7) is 13.3. The van der Waals surface area contributed by atoms with Gasteiger partial charge in [-0.1, -0.05) is 13.8 Å². The van der Waals surface area contributed by atoms with Crippen molar-refractivity contribution in [3.63, 3.8) is 0 Å². The third-order valence-electron chi connectivity index (χ3n) is 7.70. The molecule has 0 aliphatic carbocycles. The van der Waals surface area contributed by atoms with Gasteiger partial charge in [0.15, 0.2) is 12.2 Å². The summed E-state index contributed by atoms with van der Waals surface area (Å²) in [7, 11) is -1.42. The molecule has 0 radical (unpaired) electrons. The molecule has 1 aliphatic rings. The van der Waals surface area contributed by atoms with Crippen LogP contribution in [0.5, 0.6) is 11.5 Å². The van der Waals surface area contributed by atoms with Gasteiger partial charge in [0, 0.05) is 33.7 Å². The van der Waals surface area contributed by atoms with Gasteiger partial charge in [-0.15, -0.1) is 0 Å². The van der Waals surface area contributed by atoms with Crippen LogP contribution >= 0.6 is 7.75 Å². The summed E-state index contributed by atoms with van der Waals surface area (Å²) in [6.07, 6.45) is -4.13. The molecular weight excluding hydrogens is 701 g/mol. The van der Waals surface area contributed by atoms with Crippen molar-refractivity contribution in [3.05, 3.63) is 47.8 Å². The smallest absolute Gasteiger partial charge is 0.459 e. The molecule has 2 aromatic rings. The lowest BCUT2D eigenvalue weighted by atomic mass is 9.96. The van der Waals surface area contributed by atoms with E-state index in [1.165, 1.54) is 37.7 Å². The number of ether oxygens (including phenoxy) is 6. The minimum absolute atomic E-state index is 0.000171. The highest BCUT2D eigenvalue weighted by molar-refractivity contribution is 7.52. The lowest BCUT2D eigenvalue weighted by molar-refractivity contribution is -0.171. The molecule has 1 aromatic heterocycles. The van der Waals surface area contributed by atoms with Crippen LogP contribution in [0.2, 0.25) is 0 Å². The molecule has 0 amide bonds. The van der Waals surface area contributed by atoms with E-state index in [1.807, 2.05) is 0 Å². The SMILES string of the molecule is C=Nn1c(/C(N)=N\C)ccc1[C@@H]1O[C@](C)(COP(=O)(N[C@@H](C)C(=O)OC(C)C)Oc2ccc(OCCOC)cc2)[C@@H](OC(=O)CC)[C@H]1OC(=O)CC. The number of esters is 3. The topological polar surface area (TPSA) is 210 Å². The van der Waals surface area contributed by atoms with E-state index in [0.29, 0.717) is 30.4 Å². The van der Waals surface area contributed by atoms with Crippen molar-refractivity contribution in [1.29, 1.82) is 0 Å². The van der Waals surface area contributed by atoms with Crippen LogP contribution in [0, 0.1) is 0 Å². The van der Waals surface area contributed by atoms with E-state index in [1.54, 1.807) is 59.1 Å². The van der Waals surface area contributed by atoms with Crippen molar-refractivity contribution < 1.29 is 56.4 Å². The fourth-order valence-electron chi connectivity index (χ4n) is 5.08. The Kier molecular flexibility index (Phi) is 15.4. The molecule has 1 fully saturated rings. The first kappa shape index (κ1) is 42.1. The molecule has 1 unspecified atom stereocenters. The molecule has 3 N–H and O–H groups in total. The fraction of sp³-hybridized carbons (Fsp3) is 0.559. The van der Waals surface area contributed by atoms with E-state index in [9.17, 15) is 18.9 Å². The van der Waals surface area contributed by atoms with Gasteiger partial charge in [0.2, 0.25) is 0 Å². The average molecular weight is 752 g/mol. The number of hydrogen-bond acceptors (Lipinski definition) is 14. The number of methoxy groups -OCH3 is 1. The van der Waals surface area contributed by atoms with Crippen LogP contribution < -0.4 is 20.1 Å². The molecule has 2 heterocycles. The second-order valence-electron chi connectivity index (χ2n) is 12.1. The van der Waals surface area contributed by atoms with Crippen molar-refractivity contribution in [2.24, 2.45) is 15.8 Å². The summed E-state index contributed by atoms with van der Waals surface area (Å²) >= 11 is 0. The third kappa shape index (κ3) is 10.9. The van der Waals surface area contributed by atoms with Crippen LogP contribution in [0.3, 0.4) is 0 Å². The monoisotopic (exact) mass is 751 g/mol. The molecule has 6 atom stereocenters. The molecule has 0 spiro atoms. The number of hydrogen-bond donors (Lipinski definition) is 2. The predicted molar refractivity (Wildman–Crippen MR) is 190 cm³/mol. The molecule has 17 nitrogen and oxygen atoms in total. The summed E-state index contributed by atoms with van der Waals surface area (Å²) in [6, 6.07) is 8.30. The molecular formula is C34H50N5O12P. The number of rotatable bonds is 20. The maximum atomic E-state index is 14.5. The van der Waals surface area contributed by atoms with E-state index in [-0.39, 0.29) is 24.4 Å². The maximum Gasteiger partial charge on any atom is 0.459 e. The number of aliphatic imine (C=N–C) groups is 1. The molecule has 1 saturated heterocycles. The van der Waals surface area contributed by atoms with Crippen molar-refractivity contribution in [3.8, 4) is 11.5 Å². The summed E-state index contributed by atoms with van der Waals surface area (Å²) in [5.74, 6) is -1.20. The first-order chi connectivity index (χ1) is 24.6. The lowest BCUT2D eigenvalue weighted by Crippen LogP contribution is -2.48. The number of nitrogens with one attached hydrogen (secondary N) is 1. The van der Waals surface area contributed by atoms with E-state index in [2.05, 4.69) is 21.9 Å². The molecule has 52 heavy (non-hydrogen) atoms. The second-order valence-corrected chi connectivity index (χ2v) is 13.8. The first-order valence-corrected chi connectivity index (χ1v) is 18.3. The number of aromatic nitrogens is 1. The van der Waals surface area contributed by atoms with Crippen LogP contribution in [0.1, 0.15) is 71.9 Å². The number of nitrogens with zero attached hydrogens (tertiary/aromatic N) is 3. The lowest BCUT2D eigenvalue weighted by Gasteiger charge is -2.32. The van der Waals surface area contributed by atoms with Gasteiger partial charge in [-0.2, -0.15) is 10.2 Å². The van der Waals surface area contributed by atoms with Gasteiger partial charge in [-0.3, -0.25) is 23.9 Å². The van der Waals surface area contributed by atoms with E-state index < -0.39 is 68.3 Å². The minimum Gasteiger partial charge on any atom is -0.491 e. The largest absolute Gasteiger partial charge is 0.491 e. The second kappa shape index (κ2) is 19.0. The first-order valence-electron chi connectivity index (χ1n) is 16.8. The van der Waals surface area contributed by atoms with Crippen LogP contribution in [-0.4, -0.2) is 99.1 Å². The highest BCUT2D eigenvalue weighted by Gasteiger charge is 2.59. The molecule has 18 heteroatoms. The number of carbonyl (C=O) groups is 3. The number of carbonyl (C=O) groups excluding carboxylic acids is 3. The molecule has 0 saturated carbocycles.